The Balaban J connectivity index is 2.08. The molecule has 0 bridgehead atoms. The molecule has 2 rings (SSSR count). The van der Waals surface area contributed by atoms with Crippen LogP contribution in [0, 0.1) is 0 Å². The SMILES string of the molecule is C=C(CN)CCCOc1cc(-c2ccccc2O)nnc1N. The normalized spacial score (nSPS) is 10.4. The van der Waals surface area contributed by atoms with Crippen LogP contribution in [0.5, 0.6) is 11.5 Å². The number of phenols is 1. The van der Waals surface area contributed by atoms with Gasteiger partial charge in [-0.1, -0.05) is 24.3 Å². The van der Waals surface area contributed by atoms with Gasteiger partial charge < -0.3 is 21.3 Å². The van der Waals surface area contributed by atoms with Gasteiger partial charge in [0.05, 0.1) is 6.61 Å². The van der Waals surface area contributed by atoms with Crippen molar-refractivity contribution in [2.45, 2.75) is 12.8 Å². The Hall–Kier alpha value is -2.60. The van der Waals surface area contributed by atoms with Crippen LogP contribution in [0.1, 0.15) is 12.8 Å². The molecular weight excluding hydrogens is 280 g/mol. The molecule has 6 nitrogen and oxygen atoms in total. The van der Waals surface area contributed by atoms with Crippen molar-refractivity contribution in [2.24, 2.45) is 5.73 Å². The number of aromatic hydroxyl groups is 1. The molecule has 0 fully saturated rings. The maximum Gasteiger partial charge on any atom is 0.188 e. The van der Waals surface area contributed by atoms with E-state index in [1.807, 2.05) is 6.07 Å². The first-order valence-electron chi connectivity index (χ1n) is 7.03. The molecule has 0 aliphatic carbocycles. The van der Waals surface area contributed by atoms with E-state index in [0.717, 1.165) is 18.4 Å². The van der Waals surface area contributed by atoms with Crippen molar-refractivity contribution >= 4 is 5.82 Å². The van der Waals surface area contributed by atoms with Crippen molar-refractivity contribution in [3.8, 4) is 22.8 Å². The van der Waals surface area contributed by atoms with E-state index >= 15 is 0 Å². The lowest BCUT2D eigenvalue weighted by atomic mass is 10.1. The first-order chi connectivity index (χ1) is 10.6. The molecule has 0 radical (unpaired) electrons. The van der Waals surface area contributed by atoms with Crippen molar-refractivity contribution < 1.29 is 9.84 Å². The second-order valence-electron chi connectivity index (χ2n) is 4.90. The fourth-order valence-corrected chi connectivity index (χ4v) is 1.93. The highest BCUT2D eigenvalue weighted by Gasteiger charge is 2.10. The van der Waals surface area contributed by atoms with Crippen LogP contribution < -0.4 is 16.2 Å². The van der Waals surface area contributed by atoms with E-state index < -0.39 is 0 Å². The minimum atomic E-state index is 0.131. The van der Waals surface area contributed by atoms with Crippen LogP contribution in [0.4, 0.5) is 5.82 Å². The van der Waals surface area contributed by atoms with E-state index in [0.29, 0.717) is 30.2 Å². The molecule has 0 saturated carbocycles. The van der Waals surface area contributed by atoms with Crippen molar-refractivity contribution in [1.82, 2.24) is 10.2 Å². The Kier molecular flexibility index (Phi) is 5.32. The van der Waals surface area contributed by atoms with E-state index in [9.17, 15) is 5.11 Å². The first-order valence-corrected chi connectivity index (χ1v) is 7.03. The molecule has 0 aliphatic rings. The van der Waals surface area contributed by atoms with Gasteiger partial charge in [-0.2, -0.15) is 0 Å². The number of hydrogen-bond acceptors (Lipinski definition) is 6. The number of hydrogen-bond donors (Lipinski definition) is 3. The third kappa shape index (κ3) is 3.95. The van der Waals surface area contributed by atoms with Crippen LogP contribution in [-0.2, 0) is 0 Å². The maximum atomic E-state index is 9.87. The Labute approximate surface area is 129 Å². The first kappa shape index (κ1) is 15.8. The zero-order chi connectivity index (χ0) is 15.9. The number of ether oxygens (including phenoxy) is 1. The molecule has 0 unspecified atom stereocenters. The molecule has 1 heterocycles. The zero-order valence-electron chi connectivity index (χ0n) is 12.3. The average molecular weight is 300 g/mol. The fraction of sp³-hybridized carbons (Fsp3) is 0.250. The quantitative estimate of drug-likeness (QED) is 0.534. The average Bonchev–Trinajstić information content (AvgIpc) is 2.53. The summed E-state index contributed by atoms with van der Waals surface area (Å²) in [6.45, 7) is 4.81. The molecule has 6 heteroatoms. The lowest BCUT2D eigenvalue weighted by molar-refractivity contribution is 0.311. The predicted molar refractivity (Wildman–Crippen MR) is 86.5 cm³/mol. The van der Waals surface area contributed by atoms with E-state index in [1.165, 1.54) is 0 Å². The van der Waals surface area contributed by atoms with Crippen molar-refractivity contribution in [2.75, 3.05) is 18.9 Å². The third-order valence-electron chi connectivity index (χ3n) is 3.19. The van der Waals surface area contributed by atoms with Gasteiger partial charge in [0.25, 0.3) is 0 Å². The van der Waals surface area contributed by atoms with Crippen LogP contribution in [-0.4, -0.2) is 28.5 Å². The molecule has 2 aromatic rings. The highest BCUT2D eigenvalue weighted by atomic mass is 16.5. The van der Waals surface area contributed by atoms with Gasteiger partial charge in [0, 0.05) is 18.2 Å². The lowest BCUT2D eigenvalue weighted by Crippen LogP contribution is -2.06. The number of anilines is 1. The molecule has 22 heavy (non-hydrogen) atoms. The minimum Gasteiger partial charge on any atom is -0.507 e. The largest absolute Gasteiger partial charge is 0.507 e. The second kappa shape index (κ2) is 7.42. The van der Waals surface area contributed by atoms with Gasteiger partial charge in [0.2, 0.25) is 0 Å². The van der Waals surface area contributed by atoms with Crippen LogP contribution >= 0.6 is 0 Å². The molecule has 0 saturated heterocycles. The molecule has 1 aromatic carbocycles. The third-order valence-corrected chi connectivity index (χ3v) is 3.19. The minimum absolute atomic E-state index is 0.131. The summed E-state index contributed by atoms with van der Waals surface area (Å²) in [6, 6.07) is 8.57. The summed E-state index contributed by atoms with van der Waals surface area (Å²) < 4.78 is 5.64. The van der Waals surface area contributed by atoms with Gasteiger partial charge in [-0.15, -0.1) is 10.2 Å². The smallest absolute Gasteiger partial charge is 0.188 e. The number of benzene rings is 1. The van der Waals surface area contributed by atoms with Gasteiger partial charge in [0.1, 0.15) is 11.4 Å². The van der Waals surface area contributed by atoms with Crippen LogP contribution in [0.2, 0.25) is 0 Å². The van der Waals surface area contributed by atoms with Gasteiger partial charge in [-0.05, 0) is 25.0 Å². The summed E-state index contributed by atoms with van der Waals surface area (Å²) in [5, 5.41) is 17.7. The number of aromatic nitrogens is 2. The molecule has 0 amide bonds. The maximum absolute atomic E-state index is 9.87. The Morgan fingerprint density at radius 1 is 1.27 bits per heavy atom. The van der Waals surface area contributed by atoms with Crippen LogP contribution in [0.3, 0.4) is 0 Å². The zero-order valence-corrected chi connectivity index (χ0v) is 12.3. The number of para-hydroxylation sites is 1. The van der Waals surface area contributed by atoms with E-state index in [1.54, 1.807) is 24.3 Å². The van der Waals surface area contributed by atoms with Crippen molar-refractivity contribution in [3.05, 3.63) is 42.5 Å². The van der Waals surface area contributed by atoms with Gasteiger partial charge in [0.15, 0.2) is 11.6 Å². The topological polar surface area (TPSA) is 107 Å². The van der Waals surface area contributed by atoms with Crippen molar-refractivity contribution in [1.29, 1.82) is 0 Å². The molecular formula is C16H20N4O2. The van der Waals surface area contributed by atoms with Gasteiger partial charge in [-0.25, -0.2) is 0 Å². The predicted octanol–water partition coefficient (Wildman–Crippen LogP) is 2.11. The summed E-state index contributed by atoms with van der Waals surface area (Å²) >= 11 is 0. The fourth-order valence-electron chi connectivity index (χ4n) is 1.93. The summed E-state index contributed by atoms with van der Waals surface area (Å²) in [7, 11) is 0. The summed E-state index contributed by atoms with van der Waals surface area (Å²) in [4.78, 5) is 0. The molecule has 0 atom stereocenters. The molecule has 0 aliphatic heterocycles. The second-order valence-corrected chi connectivity index (χ2v) is 4.90. The summed E-state index contributed by atoms with van der Waals surface area (Å²) in [5.41, 5.74) is 13.3. The monoisotopic (exact) mass is 300 g/mol. The summed E-state index contributed by atoms with van der Waals surface area (Å²) in [6.07, 6.45) is 1.60. The van der Waals surface area contributed by atoms with Gasteiger partial charge >= 0.3 is 0 Å². The van der Waals surface area contributed by atoms with E-state index in [4.69, 9.17) is 16.2 Å². The molecule has 116 valence electrons. The Bertz CT molecular complexity index is 658. The number of nitrogens with two attached hydrogens (primary N) is 2. The lowest BCUT2D eigenvalue weighted by Gasteiger charge is -2.10. The van der Waals surface area contributed by atoms with E-state index in [-0.39, 0.29) is 11.6 Å². The number of phenolic OH excluding ortho intramolecular Hbond substituents is 1. The molecule has 1 aromatic heterocycles. The van der Waals surface area contributed by atoms with Crippen LogP contribution in [0.25, 0.3) is 11.3 Å². The number of rotatable bonds is 7. The van der Waals surface area contributed by atoms with Crippen molar-refractivity contribution in [3.63, 3.8) is 0 Å². The van der Waals surface area contributed by atoms with Gasteiger partial charge in [-0.3, -0.25) is 0 Å². The number of nitrogen functional groups attached to an aromatic ring is 1. The molecule has 5 N–H and O–H groups in total. The van der Waals surface area contributed by atoms with E-state index in [2.05, 4.69) is 16.8 Å². The summed E-state index contributed by atoms with van der Waals surface area (Å²) in [5.74, 6) is 0.801. The standard InChI is InChI=1S/C16H20N4O2/c1-11(10-17)5-4-8-22-15-9-13(19-20-16(15)18)12-6-2-3-7-14(12)21/h2-3,6-7,9,21H,1,4-5,8,10,17H2,(H2,18,20). The highest BCUT2D eigenvalue weighted by Crippen LogP contribution is 2.30. The Morgan fingerprint density at radius 3 is 2.77 bits per heavy atom. The number of nitrogens with zero attached hydrogens (tertiary/aromatic N) is 2. The highest BCUT2D eigenvalue weighted by molar-refractivity contribution is 5.68. The molecule has 0 spiro atoms. The van der Waals surface area contributed by atoms with Crippen LogP contribution in [0.15, 0.2) is 42.5 Å². The Morgan fingerprint density at radius 2 is 2.05 bits per heavy atom.